The van der Waals surface area contributed by atoms with E-state index in [2.05, 4.69) is 15.4 Å². The number of rotatable bonds is 7. The first-order chi connectivity index (χ1) is 18.3. The molecule has 2 N–H and O–H groups in total. The Morgan fingerprint density at radius 1 is 1.03 bits per heavy atom. The molecule has 0 radical (unpaired) electrons. The van der Waals surface area contributed by atoms with Crippen molar-refractivity contribution in [2.24, 2.45) is 0 Å². The molecule has 0 spiro atoms. The lowest BCUT2D eigenvalue weighted by atomic mass is 9.82. The first-order valence-electron chi connectivity index (χ1n) is 12.0. The van der Waals surface area contributed by atoms with Crippen LogP contribution < -0.4 is 5.32 Å². The Kier molecular flexibility index (Phi) is 6.73. The molecule has 0 bridgehead atoms. The summed E-state index contributed by atoms with van der Waals surface area (Å²) in [6.45, 7) is 4.69. The number of amides is 1. The number of carbonyl (C=O) groups is 1. The van der Waals surface area contributed by atoms with Gasteiger partial charge in [0.05, 0.1) is 34.2 Å². The fraction of sp³-hybridized carbons (Fsp3) is 0.179. The van der Waals surface area contributed by atoms with Crippen LogP contribution in [-0.2, 0) is 18.7 Å². The number of hydrogen-bond acceptors (Lipinski definition) is 4. The Labute approximate surface area is 222 Å². The van der Waals surface area contributed by atoms with E-state index in [0.29, 0.717) is 29.8 Å². The van der Waals surface area contributed by atoms with E-state index in [9.17, 15) is 9.90 Å². The van der Waals surface area contributed by atoms with Gasteiger partial charge in [-0.25, -0.2) is 13.8 Å². The van der Waals surface area contributed by atoms with Crippen LogP contribution in [0.2, 0.25) is 5.15 Å². The fourth-order valence-electron chi connectivity index (χ4n) is 4.68. The lowest BCUT2D eigenvalue weighted by molar-refractivity contribution is 0.102. The Bertz CT molecular complexity index is 1620. The summed E-state index contributed by atoms with van der Waals surface area (Å²) in [7, 11) is 0. The number of pyridine rings is 1. The summed E-state index contributed by atoms with van der Waals surface area (Å²) < 4.78 is 33.7. The van der Waals surface area contributed by atoms with Crippen molar-refractivity contribution in [2.75, 3.05) is 5.32 Å². The van der Waals surface area contributed by atoms with Crippen LogP contribution in [0.3, 0.4) is 0 Å². The normalized spacial score (nSPS) is 11.7. The largest absolute Gasteiger partial charge is 0.374 e. The van der Waals surface area contributed by atoms with Gasteiger partial charge in [-0.2, -0.15) is 5.10 Å². The molecule has 10 heteroatoms. The summed E-state index contributed by atoms with van der Waals surface area (Å²) in [5.74, 6) is -1.90. The zero-order valence-corrected chi connectivity index (χ0v) is 21.4. The molecule has 5 rings (SSSR count). The number of nitrogens with zero attached hydrogens (tertiary/aromatic N) is 4. The molecule has 0 aliphatic carbocycles. The average Bonchev–Trinajstić information content (AvgIpc) is 3.52. The molecule has 1 amide bonds. The molecule has 38 heavy (non-hydrogen) atoms. The van der Waals surface area contributed by atoms with Crippen molar-refractivity contribution in [1.29, 1.82) is 0 Å². The molecule has 0 atom stereocenters. The summed E-state index contributed by atoms with van der Waals surface area (Å²) in [4.78, 5) is 17.5. The number of fused-ring (bicyclic) bond motifs is 1. The molecule has 0 unspecified atom stereocenters. The monoisotopic (exact) mass is 535 g/mol. The molecule has 3 heterocycles. The van der Waals surface area contributed by atoms with Gasteiger partial charge in [0, 0.05) is 30.4 Å². The standard InChI is InChI=1S/C28H24ClF2N5O2/c1-3-35-16-17(15-32-35)33-27(37)18-13-24-23(34-26(18)29)14-25(36(24)4-2)28(38,19-9-5-7-11-21(19)30)20-10-6-8-12-22(20)31/h5-16,38H,3-4H2,1-2H3,(H,33,37). The Balaban J connectivity index is 1.70. The summed E-state index contributed by atoms with van der Waals surface area (Å²) >= 11 is 6.42. The molecule has 0 aliphatic heterocycles. The van der Waals surface area contributed by atoms with Crippen LogP contribution in [0, 0.1) is 11.6 Å². The van der Waals surface area contributed by atoms with Crippen molar-refractivity contribution < 1.29 is 18.7 Å². The lowest BCUT2D eigenvalue weighted by Crippen LogP contribution is -2.33. The van der Waals surface area contributed by atoms with Crippen molar-refractivity contribution in [3.63, 3.8) is 0 Å². The summed E-state index contributed by atoms with van der Waals surface area (Å²) in [6, 6.07) is 14.5. The van der Waals surface area contributed by atoms with Crippen LogP contribution in [0.1, 0.15) is 41.0 Å². The molecule has 2 aromatic carbocycles. The van der Waals surface area contributed by atoms with E-state index < -0.39 is 23.1 Å². The number of aromatic nitrogens is 4. The second-order valence-corrected chi connectivity index (χ2v) is 9.07. The molecule has 194 valence electrons. The summed E-state index contributed by atoms with van der Waals surface area (Å²) in [5, 5.41) is 19.1. The van der Waals surface area contributed by atoms with E-state index >= 15 is 8.78 Å². The Hall–Kier alpha value is -4.08. The summed E-state index contributed by atoms with van der Waals surface area (Å²) in [5.41, 5.74) is -0.872. The van der Waals surface area contributed by atoms with Crippen molar-refractivity contribution in [2.45, 2.75) is 32.5 Å². The Morgan fingerprint density at radius 2 is 1.66 bits per heavy atom. The first kappa shape index (κ1) is 25.6. The number of aryl methyl sites for hydroxylation is 2. The van der Waals surface area contributed by atoms with Crippen molar-refractivity contribution in [3.05, 3.63) is 112 Å². The van der Waals surface area contributed by atoms with Crippen LogP contribution in [-0.4, -0.2) is 30.3 Å². The highest BCUT2D eigenvalue weighted by Crippen LogP contribution is 2.41. The van der Waals surface area contributed by atoms with E-state index in [1.54, 1.807) is 33.6 Å². The van der Waals surface area contributed by atoms with Crippen LogP contribution in [0.4, 0.5) is 14.5 Å². The van der Waals surface area contributed by atoms with Gasteiger partial charge in [-0.15, -0.1) is 0 Å². The number of anilines is 1. The lowest BCUT2D eigenvalue weighted by Gasteiger charge is -2.31. The highest BCUT2D eigenvalue weighted by atomic mass is 35.5. The van der Waals surface area contributed by atoms with Crippen LogP contribution in [0.15, 0.2) is 73.1 Å². The second kappa shape index (κ2) is 10.00. The van der Waals surface area contributed by atoms with Gasteiger partial charge in [0.25, 0.3) is 5.91 Å². The van der Waals surface area contributed by atoms with Crippen molar-refractivity contribution >= 4 is 34.2 Å². The smallest absolute Gasteiger partial charge is 0.258 e. The quantitative estimate of drug-likeness (QED) is 0.260. The Morgan fingerprint density at radius 3 is 2.21 bits per heavy atom. The van der Waals surface area contributed by atoms with Gasteiger partial charge in [0.15, 0.2) is 5.60 Å². The maximum atomic E-state index is 15.2. The number of halogens is 3. The molecule has 0 saturated heterocycles. The molecule has 5 aromatic rings. The highest BCUT2D eigenvalue weighted by molar-refractivity contribution is 6.33. The van der Waals surface area contributed by atoms with Gasteiger partial charge in [-0.3, -0.25) is 9.48 Å². The number of hydrogen-bond donors (Lipinski definition) is 2. The SMILES string of the molecule is CCn1cc(NC(=O)c2cc3c(cc(C(O)(c4ccccc4F)c4ccccc4F)n3CC)nc2Cl)cn1. The maximum absolute atomic E-state index is 15.2. The number of benzene rings is 2. The molecule has 3 aromatic heterocycles. The van der Waals surface area contributed by atoms with E-state index in [4.69, 9.17) is 11.6 Å². The van der Waals surface area contributed by atoms with Gasteiger partial charge in [0.1, 0.15) is 16.8 Å². The van der Waals surface area contributed by atoms with Crippen molar-refractivity contribution in [1.82, 2.24) is 19.3 Å². The van der Waals surface area contributed by atoms with Crippen molar-refractivity contribution in [3.8, 4) is 0 Å². The van der Waals surface area contributed by atoms with Crippen LogP contribution >= 0.6 is 11.6 Å². The number of nitrogens with one attached hydrogen (secondary N) is 1. The topological polar surface area (TPSA) is 85.0 Å². The van der Waals surface area contributed by atoms with Gasteiger partial charge >= 0.3 is 0 Å². The van der Waals surface area contributed by atoms with Gasteiger partial charge in [-0.1, -0.05) is 48.0 Å². The molecule has 0 saturated carbocycles. The highest BCUT2D eigenvalue weighted by Gasteiger charge is 2.41. The molecule has 0 aliphatic rings. The summed E-state index contributed by atoms with van der Waals surface area (Å²) in [6.07, 6.45) is 3.21. The predicted molar refractivity (Wildman–Crippen MR) is 141 cm³/mol. The number of aliphatic hydroxyl groups is 1. The maximum Gasteiger partial charge on any atom is 0.258 e. The van der Waals surface area contributed by atoms with Crippen LogP contribution in [0.5, 0.6) is 0 Å². The molecule has 0 fully saturated rings. The zero-order chi connectivity index (χ0) is 27.0. The van der Waals surface area contributed by atoms with Gasteiger partial charge < -0.3 is 15.0 Å². The molecular weight excluding hydrogens is 512 g/mol. The fourth-order valence-corrected chi connectivity index (χ4v) is 4.91. The second-order valence-electron chi connectivity index (χ2n) is 8.71. The minimum atomic E-state index is -2.21. The predicted octanol–water partition coefficient (Wildman–Crippen LogP) is 5.74. The molecule has 7 nitrogen and oxygen atoms in total. The van der Waals surface area contributed by atoms with E-state index in [1.807, 2.05) is 13.8 Å². The average molecular weight is 536 g/mol. The zero-order valence-electron chi connectivity index (χ0n) is 20.6. The first-order valence-corrected chi connectivity index (χ1v) is 12.4. The van der Waals surface area contributed by atoms with Crippen LogP contribution in [0.25, 0.3) is 11.0 Å². The van der Waals surface area contributed by atoms with E-state index in [1.165, 1.54) is 48.7 Å². The third kappa shape index (κ3) is 4.23. The minimum Gasteiger partial charge on any atom is -0.374 e. The third-order valence-corrected chi connectivity index (χ3v) is 6.80. The number of carbonyl (C=O) groups excluding carboxylic acids is 1. The van der Waals surface area contributed by atoms with Gasteiger partial charge in [-0.05, 0) is 38.1 Å². The van der Waals surface area contributed by atoms with Gasteiger partial charge in [0.2, 0.25) is 0 Å². The molecular formula is C28H24ClF2N5O2. The van der Waals surface area contributed by atoms with E-state index in [-0.39, 0.29) is 27.5 Å². The minimum absolute atomic E-state index is 0.0574. The van der Waals surface area contributed by atoms with E-state index in [0.717, 1.165) is 0 Å². The third-order valence-electron chi connectivity index (χ3n) is 6.51.